The third-order valence-electron chi connectivity index (χ3n) is 5.55. The standard InChI is InChI=1S/C27H29N3O2/c1-21-11-5-6-14-23(21)27(31)28-18-17-26-29-24-15-7-8-16-25(24)30(26)19-9-10-20-32-22-12-3-2-4-13-22/h2-8,11-16H,9-10,17-20H2,1H3,(H,28,31). The highest BCUT2D eigenvalue weighted by Crippen LogP contribution is 2.18. The Hall–Kier alpha value is -3.60. The second kappa shape index (κ2) is 10.6. The van der Waals surface area contributed by atoms with Gasteiger partial charge in [0.05, 0.1) is 17.6 Å². The fraction of sp³-hybridized carbons (Fsp3) is 0.259. The molecule has 0 bridgehead atoms. The molecule has 0 atom stereocenters. The van der Waals surface area contributed by atoms with Gasteiger partial charge in [-0.15, -0.1) is 0 Å². The van der Waals surface area contributed by atoms with Gasteiger partial charge in [-0.3, -0.25) is 4.79 Å². The van der Waals surface area contributed by atoms with Crippen LogP contribution in [0.3, 0.4) is 0 Å². The van der Waals surface area contributed by atoms with Crippen molar-refractivity contribution in [2.75, 3.05) is 13.2 Å². The van der Waals surface area contributed by atoms with Crippen molar-refractivity contribution in [2.45, 2.75) is 32.7 Å². The molecule has 0 fully saturated rings. The largest absolute Gasteiger partial charge is 0.494 e. The third kappa shape index (κ3) is 5.35. The number of amides is 1. The molecule has 1 heterocycles. The third-order valence-corrected chi connectivity index (χ3v) is 5.55. The van der Waals surface area contributed by atoms with Gasteiger partial charge in [0, 0.05) is 25.1 Å². The van der Waals surface area contributed by atoms with Crippen LogP contribution in [0.5, 0.6) is 5.75 Å². The van der Waals surface area contributed by atoms with Crippen LogP contribution in [0.15, 0.2) is 78.9 Å². The molecule has 3 aromatic carbocycles. The lowest BCUT2D eigenvalue weighted by atomic mass is 10.1. The van der Waals surface area contributed by atoms with Gasteiger partial charge in [0.1, 0.15) is 11.6 Å². The lowest BCUT2D eigenvalue weighted by Gasteiger charge is -2.11. The molecular weight excluding hydrogens is 398 g/mol. The quantitative estimate of drug-likeness (QED) is 0.355. The van der Waals surface area contributed by atoms with Crippen LogP contribution >= 0.6 is 0 Å². The molecule has 1 N–H and O–H groups in total. The number of fused-ring (bicyclic) bond motifs is 1. The minimum Gasteiger partial charge on any atom is -0.494 e. The number of hydrogen-bond acceptors (Lipinski definition) is 3. The van der Waals surface area contributed by atoms with Gasteiger partial charge in [0.2, 0.25) is 0 Å². The molecule has 0 saturated heterocycles. The first-order valence-electron chi connectivity index (χ1n) is 11.2. The summed E-state index contributed by atoms with van der Waals surface area (Å²) in [6.45, 7) is 4.07. The normalized spacial score (nSPS) is 10.9. The fourth-order valence-corrected chi connectivity index (χ4v) is 3.86. The Morgan fingerprint density at radius 1 is 0.938 bits per heavy atom. The van der Waals surface area contributed by atoms with E-state index in [1.807, 2.05) is 79.7 Å². The van der Waals surface area contributed by atoms with Crippen molar-refractivity contribution < 1.29 is 9.53 Å². The van der Waals surface area contributed by atoms with Gasteiger partial charge in [0.25, 0.3) is 5.91 Å². The van der Waals surface area contributed by atoms with E-state index < -0.39 is 0 Å². The maximum atomic E-state index is 12.5. The number of carbonyl (C=O) groups is 1. The summed E-state index contributed by atoms with van der Waals surface area (Å²) in [5.41, 5.74) is 3.83. The summed E-state index contributed by atoms with van der Waals surface area (Å²) in [5, 5.41) is 3.04. The minimum atomic E-state index is -0.0381. The number of rotatable bonds is 10. The van der Waals surface area contributed by atoms with E-state index in [1.165, 1.54) is 0 Å². The van der Waals surface area contributed by atoms with E-state index in [-0.39, 0.29) is 5.91 Å². The van der Waals surface area contributed by atoms with Crippen LogP contribution in [0.1, 0.15) is 34.6 Å². The van der Waals surface area contributed by atoms with E-state index in [0.717, 1.165) is 53.1 Å². The summed E-state index contributed by atoms with van der Waals surface area (Å²) < 4.78 is 8.09. The van der Waals surface area contributed by atoms with Crippen molar-refractivity contribution in [1.82, 2.24) is 14.9 Å². The van der Waals surface area contributed by atoms with Crippen molar-refractivity contribution in [3.8, 4) is 5.75 Å². The van der Waals surface area contributed by atoms with E-state index in [2.05, 4.69) is 16.0 Å². The average molecular weight is 428 g/mol. The topological polar surface area (TPSA) is 56.2 Å². The second-order valence-corrected chi connectivity index (χ2v) is 7.86. The Balaban J connectivity index is 1.34. The Kier molecular flexibility index (Phi) is 7.18. The number of para-hydroxylation sites is 3. The lowest BCUT2D eigenvalue weighted by molar-refractivity contribution is 0.0953. The van der Waals surface area contributed by atoms with Crippen LogP contribution in [0.25, 0.3) is 11.0 Å². The number of hydrogen-bond donors (Lipinski definition) is 1. The molecule has 0 saturated carbocycles. The van der Waals surface area contributed by atoms with Gasteiger partial charge >= 0.3 is 0 Å². The summed E-state index contributed by atoms with van der Waals surface area (Å²) in [6, 6.07) is 25.8. The molecule has 32 heavy (non-hydrogen) atoms. The van der Waals surface area contributed by atoms with Crippen molar-refractivity contribution in [3.63, 3.8) is 0 Å². The zero-order valence-corrected chi connectivity index (χ0v) is 18.5. The van der Waals surface area contributed by atoms with E-state index in [9.17, 15) is 4.79 Å². The molecule has 4 rings (SSSR count). The summed E-state index contributed by atoms with van der Waals surface area (Å²) in [6.07, 6.45) is 2.65. The molecule has 0 spiro atoms. The summed E-state index contributed by atoms with van der Waals surface area (Å²) in [4.78, 5) is 17.3. The minimum absolute atomic E-state index is 0.0381. The first kappa shape index (κ1) is 21.6. The van der Waals surface area contributed by atoms with Crippen LogP contribution < -0.4 is 10.1 Å². The number of nitrogens with zero attached hydrogens (tertiary/aromatic N) is 2. The Labute approximate surface area is 189 Å². The number of benzene rings is 3. The van der Waals surface area contributed by atoms with Gasteiger partial charge < -0.3 is 14.6 Å². The van der Waals surface area contributed by atoms with E-state index in [1.54, 1.807) is 0 Å². The molecule has 0 aliphatic heterocycles. The van der Waals surface area contributed by atoms with Crippen LogP contribution in [0.4, 0.5) is 0 Å². The molecule has 5 nitrogen and oxygen atoms in total. The number of carbonyl (C=O) groups excluding carboxylic acids is 1. The second-order valence-electron chi connectivity index (χ2n) is 7.86. The van der Waals surface area contributed by atoms with E-state index >= 15 is 0 Å². The van der Waals surface area contributed by atoms with Crippen molar-refractivity contribution in [1.29, 1.82) is 0 Å². The SMILES string of the molecule is Cc1ccccc1C(=O)NCCc1nc2ccccc2n1CCCCOc1ccccc1. The molecule has 0 radical (unpaired) electrons. The lowest BCUT2D eigenvalue weighted by Crippen LogP contribution is -2.27. The first-order chi connectivity index (χ1) is 15.7. The maximum absolute atomic E-state index is 12.5. The molecular formula is C27H29N3O2. The zero-order chi connectivity index (χ0) is 22.2. The average Bonchev–Trinajstić information content (AvgIpc) is 3.17. The summed E-state index contributed by atoms with van der Waals surface area (Å²) in [7, 11) is 0. The number of unbranched alkanes of at least 4 members (excludes halogenated alkanes) is 1. The van der Waals surface area contributed by atoms with Crippen LogP contribution in [-0.2, 0) is 13.0 Å². The highest BCUT2D eigenvalue weighted by molar-refractivity contribution is 5.95. The molecule has 1 aromatic heterocycles. The molecule has 1 amide bonds. The van der Waals surface area contributed by atoms with Gasteiger partial charge in [-0.05, 0) is 55.7 Å². The van der Waals surface area contributed by atoms with Crippen molar-refractivity contribution in [2.24, 2.45) is 0 Å². The van der Waals surface area contributed by atoms with Crippen LogP contribution in [-0.4, -0.2) is 28.6 Å². The predicted molar refractivity (Wildman–Crippen MR) is 128 cm³/mol. The predicted octanol–water partition coefficient (Wildman–Crippen LogP) is 5.18. The van der Waals surface area contributed by atoms with Gasteiger partial charge in [0.15, 0.2) is 0 Å². The zero-order valence-electron chi connectivity index (χ0n) is 18.5. The highest BCUT2D eigenvalue weighted by Gasteiger charge is 2.12. The Morgan fingerprint density at radius 3 is 2.53 bits per heavy atom. The molecule has 0 aliphatic rings. The first-order valence-corrected chi connectivity index (χ1v) is 11.2. The molecule has 5 heteroatoms. The highest BCUT2D eigenvalue weighted by atomic mass is 16.5. The van der Waals surface area contributed by atoms with Gasteiger partial charge in [-0.1, -0.05) is 48.5 Å². The van der Waals surface area contributed by atoms with E-state index in [4.69, 9.17) is 9.72 Å². The Bertz CT molecular complexity index is 1170. The number of nitrogens with one attached hydrogen (secondary N) is 1. The summed E-state index contributed by atoms with van der Waals surface area (Å²) in [5.74, 6) is 1.87. The molecule has 164 valence electrons. The van der Waals surface area contributed by atoms with E-state index in [0.29, 0.717) is 19.6 Å². The maximum Gasteiger partial charge on any atom is 0.251 e. The molecule has 4 aromatic rings. The number of ether oxygens (including phenoxy) is 1. The Morgan fingerprint density at radius 2 is 1.69 bits per heavy atom. The fourth-order valence-electron chi connectivity index (χ4n) is 3.86. The monoisotopic (exact) mass is 427 g/mol. The number of aryl methyl sites for hydroxylation is 2. The number of aromatic nitrogens is 2. The van der Waals surface area contributed by atoms with Crippen molar-refractivity contribution in [3.05, 3.63) is 95.8 Å². The smallest absolute Gasteiger partial charge is 0.251 e. The van der Waals surface area contributed by atoms with Crippen LogP contribution in [0, 0.1) is 6.92 Å². The number of imidazole rings is 1. The molecule has 0 unspecified atom stereocenters. The van der Waals surface area contributed by atoms with Crippen molar-refractivity contribution >= 4 is 16.9 Å². The molecule has 0 aliphatic carbocycles. The van der Waals surface area contributed by atoms with Crippen LogP contribution in [0.2, 0.25) is 0 Å². The van der Waals surface area contributed by atoms with Gasteiger partial charge in [-0.25, -0.2) is 4.98 Å². The summed E-state index contributed by atoms with van der Waals surface area (Å²) >= 11 is 0. The van der Waals surface area contributed by atoms with Gasteiger partial charge in [-0.2, -0.15) is 0 Å².